The van der Waals surface area contributed by atoms with Crippen molar-refractivity contribution in [3.05, 3.63) is 95.8 Å². The maximum absolute atomic E-state index is 14.8. The first-order valence-electron chi connectivity index (χ1n) is 14.1. The molecule has 3 aromatic carbocycles. The fraction of sp³-hybridized carbons (Fsp3) is 0.375. The van der Waals surface area contributed by atoms with Crippen molar-refractivity contribution in [2.75, 3.05) is 23.7 Å². The molecule has 1 N–H and O–H groups in total. The van der Waals surface area contributed by atoms with Crippen molar-refractivity contribution >= 4 is 27.5 Å². The Morgan fingerprint density at radius 1 is 0.952 bits per heavy atom. The maximum Gasteiger partial charge on any atom is 0.243 e. The number of hydrogen-bond donors (Lipinski definition) is 1. The van der Waals surface area contributed by atoms with Crippen LogP contribution in [-0.4, -0.2) is 56.6 Å². The van der Waals surface area contributed by atoms with Crippen LogP contribution >= 0.6 is 0 Å². The molecule has 226 valence electrons. The first-order valence-corrected chi connectivity index (χ1v) is 15.9. The number of hydrogen-bond acceptors (Lipinski definition) is 5. The third kappa shape index (κ3) is 9.30. The number of anilines is 1. The van der Waals surface area contributed by atoms with Crippen LogP contribution in [0, 0.1) is 5.82 Å². The Kier molecular flexibility index (Phi) is 11.9. The van der Waals surface area contributed by atoms with Crippen LogP contribution in [0.25, 0.3) is 0 Å². The molecule has 8 nitrogen and oxygen atoms in total. The molecule has 0 spiro atoms. The fourth-order valence-electron chi connectivity index (χ4n) is 4.67. The lowest BCUT2D eigenvalue weighted by Crippen LogP contribution is -2.52. The zero-order chi connectivity index (χ0) is 30.7. The molecule has 2 amide bonds. The van der Waals surface area contributed by atoms with Gasteiger partial charge in [-0.25, -0.2) is 12.8 Å². The van der Waals surface area contributed by atoms with Gasteiger partial charge in [-0.05, 0) is 51.0 Å². The molecule has 3 rings (SSSR count). The van der Waals surface area contributed by atoms with Crippen molar-refractivity contribution in [3.8, 4) is 5.75 Å². The fourth-order valence-corrected chi connectivity index (χ4v) is 5.64. The lowest BCUT2D eigenvalue weighted by Gasteiger charge is -2.32. The molecule has 0 aliphatic carbocycles. The number of carbonyl (C=O) groups excluding carboxylic acids is 2. The van der Waals surface area contributed by atoms with Crippen LogP contribution < -0.4 is 14.4 Å². The van der Waals surface area contributed by atoms with Crippen LogP contribution in [0.5, 0.6) is 5.75 Å². The van der Waals surface area contributed by atoms with Gasteiger partial charge in [0.15, 0.2) is 0 Å². The van der Waals surface area contributed by atoms with Gasteiger partial charge < -0.3 is 15.0 Å². The van der Waals surface area contributed by atoms with Gasteiger partial charge in [0.2, 0.25) is 21.8 Å². The van der Waals surface area contributed by atoms with E-state index in [2.05, 4.69) is 5.32 Å². The second kappa shape index (κ2) is 15.3. The third-order valence-corrected chi connectivity index (χ3v) is 7.77. The van der Waals surface area contributed by atoms with Crippen LogP contribution in [0.2, 0.25) is 0 Å². The SMILES string of the molecule is CCOc1ccccc1N(CCCC(=O)N(Cc1ccccc1F)C(Cc1ccccc1)C(=O)NC(C)C)S(C)(=O)=O. The first-order chi connectivity index (χ1) is 20.0. The van der Waals surface area contributed by atoms with Gasteiger partial charge in [-0.1, -0.05) is 60.7 Å². The topological polar surface area (TPSA) is 96.0 Å². The molecule has 0 aliphatic rings. The van der Waals surface area contributed by atoms with Crippen LogP contribution in [0.3, 0.4) is 0 Å². The number of para-hydroxylation sites is 2. The molecule has 0 aliphatic heterocycles. The van der Waals surface area contributed by atoms with Crippen molar-refractivity contribution in [2.45, 2.75) is 58.7 Å². The quantitative estimate of drug-likeness (QED) is 0.268. The molecule has 42 heavy (non-hydrogen) atoms. The summed E-state index contributed by atoms with van der Waals surface area (Å²) in [5, 5.41) is 2.90. The molecule has 0 bridgehead atoms. The van der Waals surface area contributed by atoms with Crippen LogP contribution in [0.1, 0.15) is 44.7 Å². The highest BCUT2D eigenvalue weighted by Crippen LogP contribution is 2.30. The number of benzene rings is 3. The standard InChI is InChI=1S/C32H40FN3O5S/c1-5-41-30-19-12-11-18-28(30)36(42(4,39)40)21-13-20-31(37)35(23-26-16-9-10-17-27(26)33)29(32(38)34-24(2)3)22-25-14-7-6-8-15-25/h6-12,14-19,24,29H,5,13,20-23H2,1-4H3,(H,34,38). The van der Waals surface area contributed by atoms with Crippen molar-refractivity contribution in [1.29, 1.82) is 0 Å². The van der Waals surface area contributed by atoms with Crippen molar-refractivity contribution in [2.24, 2.45) is 0 Å². The molecular weight excluding hydrogens is 557 g/mol. The molecule has 3 aromatic rings. The van der Waals surface area contributed by atoms with Gasteiger partial charge in [-0.2, -0.15) is 0 Å². The van der Waals surface area contributed by atoms with E-state index in [0.29, 0.717) is 18.0 Å². The van der Waals surface area contributed by atoms with Gasteiger partial charge in [0.25, 0.3) is 0 Å². The third-order valence-electron chi connectivity index (χ3n) is 6.59. The molecule has 0 aromatic heterocycles. The lowest BCUT2D eigenvalue weighted by atomic mass is 10.0. The first kappa shape index (κ1) is 32.6. The number of halogens is 1. The number of sulfonamides is 1. The van der Waals surface area contributed by atoms with Gasteiger partial charge in [-0.15, -0.1) is 0 Å². The number of nitrogens with zero attached hydrogens (tertiary/aromatic N) is 2. The van der Waals surface area contributed by atoms with Crippen molar-refractivity contribution in [1.82, 2.24) is 10.2 Å². The predicted octanol–water partition coefficient (Wildman–Crippen LogP) is 4.94. The van der Waals surface area contributed by atoms with E-state index < -0.39 is 21.9 Å². The average Bonchev–Trinajstić information content (AvgIpc) is 2.94. The Hall–Kier alpha value is -3.92. The summed E-state index contributed by atoms with van der Waals surface area (Å²) in [5.41, 5.74) is 1.52. The zero-order valence-corrected chi connectivity index (χ0v) is 25.4. The minimum Gasteiger partial charge on any atom is -0.492 e. The van der Waals surface area contributed by atoms with Crippen LogP contribution in [0.4, 0.5) is 10.1 Å². The molecule has 0 saturated heterocycles. The van der Waals surface area contributed by atoms with Crippen LogP contribution in [-0.2, 0) is 32.6 Å². The second-order valence-corrected chi connectivity index (χ2v) is 12.2. The molecule has 0 heterocycles. The summed E-state index contributed by atoms with van der Waals surface area (Å²) in [7, 11) is -3.70. The molecule has 10 heteroatoms. The summed E-state index contributed by atoms with van der Waals surface area (Å²) in [6.07, 6.45) is 1.45. The highest BCUT2D eigenvalue weighted by atomic mass is 32.2. The Morgan fingerprint density at radius 2 is 1.60 bits per heavy atom. The summed E-state index contributed by atoms with van der Waals surface area (Å²) in [4.78, 5) is 28.7. The molecule has 0 radical (unpaired) electrons. The molecular formula is C32H40FN3O5S. The summed E-state index contributed by atoms with van der Waals surface area (Å²) < 4.78 is 47.2. The van der Waals surface area contributed by atoms with Gasteiger partial charge in [0, 0.05) is 37.5 Å². The van der Waals surface area contributed by atoms with E-state index >= 15 is 0 Å². The summed E-state index contributed by atoms with van der Waals surface area (Å²) in [5.74, 6) is -0.786. The highest BCUT2D eigenvalue weighted by Gasteiger charge is 2.31. The van der Waals surface area contributed by atoms with E-state index in [-0.39, 0.29) is 55.8 Å². The van der Waals surface area contributed by atoms with E-state index in [9.17, 15) is 22.4 Å². The predicted molar refractivity (Wildman–Crippen MR) is 163 cm³/mol. The minimum absolute atomic E-state index is 0.0176. The number of nitrogens with one attached hydrogen (secondary N) is 1. The lowest BCUT2D eigenvalue weighted by molar-refractivity contribution is -0.141. The molecule has 1 unspecified atom stereocenters. The van der Waals surface area contributed by atoms with E-state index in [1.807, 2.05) is 51.1 Å². The number of rotatable bonds is 15. The largest absolute Gasteiger partial charge is 0.492 e. The zero-order valence-electron chi connectivity index (χ0n) is 24.6. The van der Waals surface area contributed by atoms with Gasteiger partial charge >= 0.3 is 0 Å². The van der Waals surface area contributed by atoms with Crippen LogP contribution in [0.15, 0.2) is 78.9 Å². The van der Waals surface area contributed by atoms with Gasteiger partial charge in [0.05, 0.1) is 18.6 Å². The van der Waals surface area contributed by atoms with Gasteiger partial charge in [-0.3, -0.25) is 13.9 Å². The van der Waals surface area contributed by atoms with Crippen molar-refractivity contribution < 1.29 is 27.1 Å². The Labute approximate surface area is 248 Å². The summed E-state index contributed by atoms with van der Waals surface area (Å²) in [6, 6.07) is 21.2. The molecule has 0 saturated carbocycles. The molecule has 1 atom stereocenters. The second-order valence-electron chi connectivity index (χ2n) is 10.3. The Morgan fingerprint density at radius 3 is 2.24 bits per heavy atom. The smallest absolute Gasteiger partial charge is 0.243 e. The monoisotopic (exact) mass is 597 g/mol. The van der Waals surface area contributed by atoms with E-state index in [1.165, 1.54) is 15.3 Å². The van der Waals surface area contributed by atoms with E-state index in [4.69, 9.17) is 4.74 Å². The minimum atomic E-state index is -3.70. The van der Waals surface area contributed by atoms with E-state index in [1.54, 1.807) is 42.5 Å². The average molecular weight is 598 g/mol. The van der Waals surface area contributed by atoms with E-state index in [0.717, 1.165) is 11.8 Å². The normalized spacial score (nSPS) is 12.0. The summed E-state index contributed by atoms with van der Waals surface area (Å²) in [6.45, 7) is 5.74. The number of carbonyl (C=O) groups is 2. The van der Waals surface area contributed by atoms with Crippen molar-refractivity contribution in [3.63, 3.8) is 0 Å². The number of ether oxygens (including phenoxy) is 1. The molecule has 0 fully saturated rings. The summed E-state index contributed by atoms with van der Waals surface area (Å²) >= 11 is 0. The van der Waals surface area contributed by atoms with Gasteiger partial charge in [0.1, 0.15) is 17.6 Å². The Bertz CT molecular complexity index is 1430. The maximum atomic E-state index is 14.8. The highest BCUT2D eigenvalue weighted by molar-refractivity contribution is 7.92. The number of amides is 2. The Balaban J connectivity index is 1.90.